The van der Waals surface area contributed by atoms with Gasteiger partial charge in [0, 0.05) is 11.5 Å². The Morgan fingerprint density at radius 3 is 2.86 bits per heavy atom. The summed E-state index contributed by atoms with van der Waals surface area (Å²) in [6.45, 7) is 0. The molecule has 0 aliphatic carbocycles. The van der Waals surface area contributed by atoms with Crippen molar-refractivity contribution in [3.05, 3.63) is 23.7 Å². The van der Waals surface area contributed by atoms with Crippen LogP contribution in [-0.2, 0) is 5.75 Å². The number of aromatic carboxylic acids is 1. The molecule has 0 fully saturated rings. The second-order valence-corrected chi connectivity index (χ2v) is 4.71. The van der Waals surface area contributed by atoms with Crippen molar-refractivity contribution >= 4 is 29.5 Å². The van der Waals surface area contributed by atoms with Crippen molar-refractivity contribution in [1.82, 2.24) is 0 Å². The van der Waals surface area contributed by atoms with E-state index in [2.05, 4.69) is 6.26 Å². The number of furan rings is 1. The van der Waals surface area contributed by atoms with Crippen molar-refractivity contribution in [1.29, 1.82) is 0 Å². The molecule has 0 aromatic carbocycles. The molecule has 14 heavy (non-hydrogen) atoms. The molecule has 0 aliphatic heterocycles. The van der Waals surface area contributed by atoms with E-state index < -0.39 is 5.97 Å². The SMILES string of the molecule is CSCCSCc1ccc(C(=O)O)o1. The maximum absolute atomic E-state index is 10.5. The van der Waals surface area contributed by atoms with Crippen LogP contribution in [0.25, 0.3) is 0 Å². The van der Waals surface area contributed by atoms with Crippen LogP contribution in [0.4, 0.5) is 0 Å². The first-order chi connectivity index (χ1) is 6.74. The molecule has 0 atom stereocenters. The molecular formula is C9H12O3S2. The van der Waals surface area contributed by atoms with Crippen LogP contribution in [-0.4, -0.2) is 28.8 Å². The second kappa shape index (κ2) is 6.03. The summed E-state index contributed by atoms with van der Waals surface area (Å²) in [7, 11) is 0. The lowest BCUT2D eigenvalue weighted by molar-refractivity contribution is 0.0661. The van der Waals surface area contributed by atoms with Gasteiger partial charge in [-0.2, -0.15) is 23.5 Å². The van der Waals surface area contributed by atoms with Gasteiger partial charge in [0.15, 0.2) is 0 Å². The standard InChI is InChI=1S/C9H12O3S2/c1-13-4-5-14-6-7-2-3-8(12-7)9(10)11/h2-3H,4-6H2,1H3,(H,10,11). The normalized spacial score (nSPS) is 10.4. The van der Waals surface area contributed by atoms with E-state index in [1.807, 2.05) is 0 Å². The summed E-state index contributed by atoms with van der Waals surface area (Å²) in [6, 6.07) is 3.21. The average Bonchev–Trinajstić information content (AvgIpc) is 2.61. The lowest BCUT2D eigenvalue weighted by Gasteiger charge is -1.96. The van der Waals surface area contributed by atoms with Gasteiger partial charge < -0.3 is 9.52 Å². The summed E-state index contributed by atoms with van der Waals surface area (Å²) >= 11 is 3.55. The molecule has 78 valence electrons. The maximum Gasteiger partial charge on any atom is 0.371 e. The average molecular weight is 232 g/mol. The maximum atomic E-state index is 10.5. The number of carbonyl (C=O) groups is 1. The summed E-state index contributed by atoms with van der Waals surface area (Å²) in [5, 5.41) is 8.60. The largest absolute Gasteiger partial charge is 0.475 e. The van der Waals surface area contributed by atoms with E-state index in [0.717, 1.165) is 23.0 Å². The lowest BCUT2D eigenvalue weighted by Crippen LogP contribution is -1.91. The number of hydrogen-bond acceptors (Lipinski definition) is 4. The molecule has 5 heteroatoms. The second-order valence-electron chi connectivity index (χ2n) is 2.62. The fourth-order valence-electron chi connectivity index (χ4n) is 0.885. The summed E-state index contributed by atoms with van der Waals surface area (Å²) in [5.41, 5.74) is 0. The third-order valence-electron chi connectivity index (χ3n) is 1.55. The molecule has 0 saturated carbocycles. The number of carboxylic acids is 1. The van der Waals surface area contributed by atoms with Crippen LogP contribution in [0.3, 0.4) is 0 Å². The number of carboxylic acid groups (broad SMARTS) is 1. The van der Waals surface area contributed by atoms with Gasteiger partial charge in [0.05, 0.1) is 5.75 Å². The Labute approximate surface area is 91.3 Å². The molecule has 1 heterocycles. The molecule has 3 nitrogen and oxygen atoms in total. The number of thioether (sulfide) groups is 2. The van der Waals surface area contributed by atoms with Gasteiger partial charge in [-0.25, -0.2) is 4.79 Å². The molecule has 0 spiro atoms. The number of hydrogen-bond donors (Lipinski definition) is 1. The van der Waals surface area contributed by atoms with Crippen LogP contribution in [0.5, 0.6) is 0 Å². The van der Waals surface area contributed by atoms with Gasteiger partial charge >= 0.3 is 5.97 Å². The zero-order chi connectivity index (χ0) is 10.4. The molecule has 0 amide bonds. The Balaban J connectivity index is 2.33. The molecule has 0 radical (unpaired) electrons. The zero-order valence-electron chi connectivity index (χ0n) is 7.86. The first kappa shape index (κ1) is 11.5. The summed E-state index contributed by atoms with van der Waals surface area (Å²) in [4.78, 5) is 10.5. The minimum absolute atomic E-state index is 0.0190. The highest BCUT2D eigenvalue weighted by Crippen LogP contribution is 2.16. The topological polar surface area (TPSA) is 50.4 Å². The van der Waals surface area contributed by atoms with Gasteiger partial charge in [-0.15, -0.1) is 0 Å². The highest BCUT2D eigenvalue weighted by Gasteiger charge is 2.08. The fourth-order valence-corrected chi connectivity index (χ4v) is 2.52. The molecular weight excluding hydrogens is 220 g/mol. The highest BCUT2D eigenvalue weighted by atomic mass is 32.2. The first-order valence-corrected chi connectivity index (χ1v) is 6.67. The predicted molar refractivity (Wildman–Crippen MR) is 60.2 cm³/mol. The highest BCUT2D eigenvalue weighted by molar-refractivity contribution is 8.02. The van der Waals surface area contributed by atoms with E-state index in [9.17, 15) is 4.79 Å². The molecule has 1 aromatic heterocycles. The third-order valence-corrected chi connectivity index (χ3v) is 3.40. The van der Waals surface area contributed by atoms with Gasteiger partial charge in [0.1, 0.15) is 5.76 Å². The first-order valence-electron chi connectivity index (χ1n) is 4.12. The van der Waals surface area contributed by atoms with Crippen LogP contribution in [0.2, 0.25) is 0 Å². The smallest absolute Gasteiger partial charge is 0.371 e. The van der Waals surface area contributed by atoms with Gasteiger partial charge in [0.2, 0.25) is 5.76 Å². The zero-order valence-corrected chi connectivity index (χ0v) is 9.49. The van der Waals surface area contributed by atoms with Crippen LogP contribution in [0.1, 0.15) is 16.3 Å². The van der Waals surface area contributed by atoms with Crippen LogP contribution >= 0.6 is 23.5 Å². The van der Waals surface area contributed by atoms with E-state index in [1.165, 1.54) is 6.07 Å². The van der Waals surface area contributed by atoms with Crippen LogP contribution < -0.4 is 0 Å². The van der Waals surface area contributed by atoms with Gasteiger partial charge in [-0.1, -0.05) is 0 Å². The van der Waals surface area contributed by atoms with Crippen LogP contribution in [0.15, 0.2) is 16.5 Å². The van der Waals surface area contributed by atoms with E-state index in [0.29, 0.717) is 0 Å². The van der Waals surface area contributed by atoms with Crippen molar-refractivity contribution in [2.45, 2.75) is 5.75 Å². The molecule has 1 rings (SSSR count). The van der Waals surface area contributed by atoms with Crippen molar-refractivity contribution in [3.63, 3.8) is 0 Å². The fraction of sp³-hybridized carbons (Fsp3) is 0.444. The Morgan fingerprint density at radius 2 is 2.29 bits per heavy atom. The van der Waals surface area contributed by atoms with Crippen molar-refractivity contribution in [2.24, 2.45) is 0 Å². The summed E-state index contributed by atoms with van der Waals surface area (Å²) < 4.78 is 5.10. The van der Waals surface area contributed by atoms with Gasteiger partial charge in [-0.3, -0.25) is 0 Å². The Kier molecular flexibility index (Phi) is 4.97. The predicted octanol–water partition coefficient (Wildman–Crippen LogP) is 2.57. The summed E-state index contributed by atoms with van der Waals surface area (Å²) in [6.07, 6.45) is 2.07. The molecule has 1 aromatic rings. The van der Waals surface area contributed by atoms with Gasteiger partial charge in [-0.05, 0) is 18.4 Å². The van der Waals surface area contributed by atoms with Crippen LogP contribution in [0, 0.1) is 0 Å². The minimum Gasteiger partial charge on any atom is -0.475 e. The van der Waals surface area contributed by atoms with Crippen molar-refractivity contribution < 1.29 is 14.3 Å². The van der Waals surface area contributed by atoms with E-state index in [4.69, 9.17) is 9.52 Å². The molecule has 0 aliphatic rings. The van der Waals surface area contributed by atoms with E-state index in [1.54, 1.807) is 29.6 Å². The van der Waals surface area contributed by atoms with Crippen molar-refractivity contribution in [3.8, 4) is 0 Å². The molecule has 0 unspecified atom stereocenters. The summed E-state index contributed by atoms with van der Waals surface area (Å²) in [5.74, 6) is 2.65. The molecule has 0 saturated heterocycles. The van der Waals surface area contributed by atoms with E-state index in [-0.39, 0.29) is 5.76 Å². The third kappa shape index (κ3) is 3.67. The van der Waals surface area contributed by atoms with E-state index >= 15 is 0 Å². The number of rotatable bonds is 6. The lowest BCUT2D eigenvalue weighted by atomic mass is 10.4. The minimum atomic E-state index is -1.01. The quantitative estimate of drug-likeness (QED) is 0.764. The Morgan fingerprint density at radius 1 is 1.50 bits per heavy atom. The Bertz CT molecular complexity index is 296. The molecule has 1 N–H and O–H groups in total. The monoisotopic (exact) mass is 232 g/mol. The Hall–Kier alpha value is -0.550. The van der Waals surface area contributed by atoms with Crippen molar-refractivity contribution in [2.75, 3.05) is 17.8 Å². The van der Waals surface area contributed by atoms with Gasteiger partial charge in [0.25, 0.3) is 0 Å². The molecule has 0 bridgehead atoms.